The first kappa shape index (κ1) is 20.8. The van der Waals surface area contributed by atoms with Crippen LogP contribution in [0.5, 0.6) is 5.75 Å². The zero-order valence-electron chi connectivity index (χ0n) is 14.9. The first-order valence-electron chi connectivity index (χ1n) is 8.29. The lowest BCUT2D eigenvalue weighted by Crippen LogP contribution is -2.48. The van der Waals surface area contributed by atoms with Crippen molar-refractivity contribution in [2.45, 2.75) is 13.3 Å². The van der Waals surface area contributed by atoms with Crippen molar-refractivity contribution >= 4 is 34.8 Å². The molecule has 0 fully saturated rings. The Bertz CT molecular complexity index is 903. The number of ether oxygens (including phenoxy) is 1. The molecular formula is C18H18N4O5S. The van der Waals surface area contributed by atoms with Crippen molar-refractivity contribution in [1.29, 1.82) is 0 Å². The van der Waals surface area contributed by atoms with E-state index in [1.54, 1.807) is 24.3 Å². The molecule has 0 aromatic heterocycles. The molecule has 0 radical (unpaired) electrons. The number of hydrogen-bond acceptors (Lipinski definition) is 6. The lowest BCUT2D eigenvalue weighted by Gasteiger charge is -2.11. The lowest BCUT2D eigenvalue weighted by molar-refractivity contribution is -0.384. The number of hydrazine groups is 1. The number of nitrogens with one attached hydrogen (secondary N) is 3. The maximum atomic E-state index is 12.2. The van der Waals surface area contributed by atoms with E-state index in [1.165, 1.54) is 18.2 Å². The summed E-state index contributed by atoms with van der Waals surface area (Å²) in [4.78, 5) is 34.4. The molecule has 10 heteroatoms. The van der Waals surface area contributed by atoms with Crippen LogP contribution in [0, 0.1) is 10.1 Å². The monoisotopic (exact) mass is 402 g/mol. The summed E-state index contributed by atoms with van der Waals surface area (Å²) in [6.45, 7) is 2.51. The smallest absolute Gasteiger partial charge is 0.270 e. The van der Waals surface area contributed by atoms with Gasteiger partial charge in [0.15, 0.2) is 5.11 Å². The van der Waals surface area contributed by atoms with E-state index in [0.717, 1.165) is 12.5 Å². The van der Waals surface area contributed by atoms with E-state index in [-0.39, 0.29) is 16.4 Å². The van der Waals surface area contributed by atoms with Gasteiger partial charge in [-0.3, -0.25) is 35.9 Å². The molecule has 0 unspecified atom stereocenters. The number of nitro groups is 1. The largest absolute Gasteiger partial charge is 0.494 e. The van der Waals surface area contributed by atoms with E-state index in [0.29, 0.717) is 17.9 Å². The molecule has 2 aromatic rings. The molecule has 0 bridgehead atoms. The highest BCUT2D eigenvalue weighted by atomic mass is 32.1. The van der Waals surface area contributed by atoms with Crippen LogP contribution in [0.1, 0.15) is 34.1 Å². The van der Waals surface area contributed by atoms with Crippen LogP contribution in [0.25, 0.3) is 0 Å². The minimum Gasteiger partial charge on any atom is -0.494 e. The zero-order chi connectivity index (χ0) is 20.5. The number of nitro benzene ring substituents is 1. The molecule has 0 spiro atoms. The van der Waals surface area contributed by atoms with Crippen LogP contribution in [0.3, 0.4) is 0 Å². The van der Waals surface area contributed by atoms with Crippen LogP contribution in [0.4, 0.5) is 5.69 Å². The van der Waals surface area contributed by atoms with Gasteiger partial charge in [0, 0.05) is 23.3 Å². The van der Waals surface area contributed by atoms with Crippen LogP contribution in [-0.2, 0) is 0 Å². The molecule has 0 heterocycles. The number of benzene rings is 2. The first-order valence-corrected chi connectivity index (χ1v) is 8.70. The normalized spacial score (nSPS) is 9.89. The van der Waals surface area contributed by atoms with Crippen molar-refractivity contribution in [3.63, 3.8) is 0 Å². The SMILES string of the molecule is CCCOc1cccc(C(=O)NC(=S)NNC(=O)c2cccc([N+](=O)[O-])c2)c1. The number of nitrogens with zero attached hydrogens (tertiary/aromatic N) is 1. The average molecular weight is 402 g/mol. The van der Waals surface area contributed by atoms with Gasteiger partial charge in [-0.15, -0.1) is 0 Å². The summed E-state index contributed by atoms with van der Waals surface area (Å²) in [7, 11) is 0. The van der Waals surface area contributed by atoms with Gasteiger partial charge in [-0.2, -0.15) is 0 Å². The molecule has 3 N–H and O–H groups in total. The Balaban J connectivity index is 1.90. The average Bonchev–Trinajstić information content (AvgIpc) is 2.70. The fourth-order valence-corrected chi connectivity index (χ4v) is 2.24. The highest BCUT2D eigenvalue weighted by Crippen LogP contribution is 2.14. The van der Waals surface area contributed by atoms with Crippen molar-refractivity contribution < 1.29 is 19.2 Å². The van der Waals surface area contributed by atoms with Gasteiger partial charge in [0.2, 0.25) is 0 Å². The Morgan fingerprint density at radius 3 is 2.43 bits per heavy atom. The van der Waals surface area contributed by atoms with E-state index in [1.807, 2.05) is 6.92 Å². The highest BCUT2D eigenvalue weighted by molar-refractivity contribution is 7.80. The summed E-state index contributed by atoms with van der Waals surface area (Å²) in [6, 6.07) is 11.8. The Labute approximate surface area is 166 Å². The van der Waals surface area contributed by atoms with Gasteiger partial charge >= 0.3 is 0 Å². The molecule has 146 valence electrons. The molecule has 2 amide bonds. The van der Waals surface area contributed by atoms with Crippen molar-refractivity contribution in [3.8, 4) is 5.75 Å². The summed E-state index contributed by atoms with van der Waals surface area (Å²) >= 11 is 4.97. The molecule has 0 aliphatic carbocycles. The summed E-state index contributed by atoms with van der Waals surface area (Å²) in [5.74, 6) is -0.563. The first-order chi connectivity index (χ1) is 13.4. The van der Waals surface area contributed by atoms with Gasteiger partial charge in [0.1, 0.15) is 5.75 Å². The molecule has 28 heavy (non-hydrogen) atoms. The third-order valence-electron chi connectivity index (χ3n) is 3.40. The van der Waals surface area contributed by atoms with E-state index in [2.05, 4.69) is 16.2 Å². The Morgan fingerprint density at radius 2 is 1.75 bits per heavy atom. The number of amides is 2. The summed E-state index contributed by atoms with van der Waals surface area (Å²) < 4.78 is 5.47. The van der Waals surface area contributed by atoms with Crippen LogP contribution >= 0.6 is 12.2 Å². The Hall–Kier alpha value is -3.53. The second kappa shape index (κ2) is 9.97. The molecule has 0 saturated carbocycles. The van der Waals surface area contributed by atoms with Gasteiger partial charge in [-0.05, 0) is 42.9 Å². The number of carbonyl (C=O) groups excluding carboxylic acids is 2. The molecule has 9 nitrogen and oxygen atoms in total. The van der Waals surface area contributed by atoms with E-state index >= 15 is 0 Å². The van der Waals surface area contributed by atoms with Gasteiger partial charge in [-0.1, -0.05) is 19.1 Å². The second-order valence-electron chi connectivity index (χ2n) is 5.55. The fourth-order valence-electron chi connectivity index (χ4n) is 2.10. The van der Waals surface area contributed by atoms with Crippen LogP contribution in [-0.4, -0.2) is 28.5 Å². The predicted molar refractivity (Wildman–Crippen MR) is 106 cm³/mol. The van der Waals surface area contributed by atoms with Gasteiger partial charge in [-0.25, -0.2) is 0 Å². The molecular weight excluding hydrogens is 384 g/mol. The maximum absolute atomic E-state index is 12.2. The van der Waals surface area contributed by atoms with Crippen molar-refractivity contribution in [2.24, 2.45) is 0 Å². The number of non-ortho nitro benzene ring substituents is 1. The van der Waals surface area contributed by atoms with Crippen molar-refractivity contribution in [1.82, 2.24) is 16.2 Å². The molecule has 0 saturated heterocycles. The van der Waals surface area contributed by atoms with Crippen LogP contribution in [0.15, 0.2) is 48.5 Å². The summed E-state index contributed by atoms with van der Waals surface area (Å²) in [5.41, 5.74) is 4.83. The molecule has 2 rings (SSSR count). The third kappa shape index (κ3) is 6.02. The predicted octanol–water partition coefficient (Wildman–Crippen LogP) is 2.33. The van der Waals surface area contributed by atoms with Crippen LogP contribution in [0.2, 0.25) is 0 Å². The Morgan fingerprint density at radius 1 is 1.07 bits per heavy atom. The van der Waals surface area contributed by atoms with Crippen molar-refractivity contribution in [3.05, 3.63) is 69.8 Å². The molecule has 0 atom stereocenters. The highest BCUT2D eigenvalue weighted by Gasteiger charge is 2.13. The minimum atomic E-state index is -0.643. The topological polar surface area (TPSA) is 123 Å². The quantitative estimate of drug-likeness (QED) is 0.385. The summed E-state index contributed by atoms with van der Waals surface area (Å²) in [6.07, 6.45) is 0.842. The Kier molecular flexibility index (Phi) is 7.40. The summed E-state index contributed by atoms with van der Waals surface area (Å²) in [5, 5.41) is 13.0. The van der Waals surface area contributed by atoms with Gasteiger partial charge < -0.3 is 4.74 Å². The van der Waals surface area contributed by atoms with E-state index < -0.39 is 16.7 Å². The van der Waals surface area contributed by atoms with E-state index in [4.69, 9.17) is 17.0 Å². The molecule has 0 aliphatic heterocycles. The van der Waals surface area contributed by atoms with Crippen LogP contribution < -0.4 is 20.9 Å². The molecule has 2 aromatic carbocycles. The third-order valence-corrected chi connectivity index (χ3v) is 3.61. The number of rotatable bonds is 6. The standard InChI is InChI=1S/C18H18N4O5S/c1-2-9-27-15-8-4-6-13(11-15)16(23)19-18(28)21-20-17(24)12-5-3-7-14(10-12)22(25)26/h3-8,10-11H,2,9H2,1H3,(H,20,24)(H2,19,21,23,28). The lowest BCUT2D eigenvalue weighted by atomic mass is 10.2. The second-order valence-corrected chi connectivity index (χ2v) is 5.95. The minimum absolute atomic E-state index is 0.0663. The van der Waals surface area contributed by atoms with Crippen molar-refractivity contribution in [2.75, 3.05) is 6.61 Å². The number of thiocarbonyl (C=S) groups is 1. The number of carbonyl (C=O) groups is 2. The molecule has 0 aliphatic rings. The zero-order valence-corrected chi connectivity index (χ0v) is 15.7. The number of hydrogen-bond donors (Lipinski definition) is 3. The fraction of sp³-hybridized carbons (Fsp3) is 0.167. The van der Waals surface area contributed by atoms with Gasteiger partial charge in [0.05, 0.1) is 11.5 Å². The maximum Gasteiger partial charge on any atom is 0.270 e. The van der Waals surface area contributed by atoms with Gasteiger partial charge in [0.25, 0.3) is 17.5 Å². The van der Waals surface area contributed by atoms with E-state index in [9.17, 15) is 19.7 Å².